The molecule has 0 atom stereocenters. The summed E-state index contributed by atoms with van der Waals surface area (Å²) in [6.07, 6.45) is 1.68. The van der Waals surface area contributed by atoms with Gasteiger partial charge in [0.05, 0.1) is 25.5 Å². The number of hydrogen-bond donors (Lipinski definition) is 1. The Morgan fingerprint density at radius 1 is 1.12 bits per heavy atom. The number of carbonyl (C=O) groups excluding carboxylic acids is 2. The smallest absolute Gasteiger partial charge is 0.339 e. The minimum absolute atomic E-state index is 0.0767. The summed E-state index contributed by atoms with van der Waals surface area (Å²) in [5, 5.41) is 6.62. The molecule has 2 aromatic heterocycles. The molecule has 0 saturated heterocycles. The van der Waals surface area contributed by atoms with Crippen molar-refractivity contribution in [3.63, 3.8) is 0 Å². The van der Waals surface area contributed by atoms with Crippen LogP contribution in [0, 0.1) is 5.82 Å². The van der Waals surface area contributed by atoms with Gasteiger partial charge < -0.3 is 23.9 Å². The first-order chi connectivity index (χ1) is 16.0. The maximum atomic E-state index is 14.0. The quantitative estimate of drug-likeness (QED) is 0.427. The van der Waals surface area contributed by atoms with Crippen LogP contribution in [0.4, 0.5) is 10.1 Å². The fourth-order valence-electron chi connectivity index (χ4n) is 3.22. The average molecular weight is 450 g/mol. The van der Waals surface area contributed by atoms with E-state index < -0.39 is 11.8 Å². The Balaban J connectivity index is 1.52. The Labute approximate surface area is 187 Å². The second kappa shape index (κ2) is 9.35. The number of nitrogens with zero attached hydrogens (tertiary/aromatic N) is 3. The zero-order chi connectivity index (χ0) is 23.4. The van der Waals surface area contributed by atoms with Gasteiger partial charge in [0.25, 0.3) is 5.89 Å². The molecule has 2 aromatic carbocycles. The van der Waals surface area contributed by atoms with Crippen LogP contribution < -0.4 is 10.1 Å². The van der Waals surface area contributed by atoms with E-state index in [1.165, 1.54) is 26.4 Å². The molecule has 0 bridgehead atoms. The molecule has 33 heavy (non-hydrogen) atoms. The lowest BCUT2D eigenvalue weighted by atomic mass is 10.2. The highest BCUT2D eigenvalue weighted by molar-refractivity contribution is 6.01. The molecule has 0 fully saturated rings. The third-order valence-electron chi connectivity index (χ3n) is 4.81. The van der Waals surface area contributed by atoms with Crippen molar-refractivity contribution >= 4 is 17.6 Å². The molecule has 4 rings (SSSR count). The van der Waals surface area contributed by atoms with Crippen molar-refractivity contribution in [1.82, 2.24) is 14.7 Å². The number of carbonyl (C=O) groups is 2. The third-order valence-corrected chi connectivity index (χ3v) is 4.81. The molecule has 0 saturated carbocycles. The second-order valence-corrected chi connectivity index (χ2v) is 6.88. The van der Waals surface area contributed by atoms with Gasteiger partial charge in [-0.05, 0) is 42.5 Å². The number of hydrogen-bond acceptors (Lipinski definition) is 7. The molecular formula is C23H19FN4O5. The topological polar surface area (TPSA) is 108 Å². The number of para-hydroxylation sites is 1. The molecule has 168 valence electrons. The zero-order valence-corrected chi connectivity index (χ0v) is 17.7. The van der Waals surface area contributed by atoms with Crippen LogP contribution in [0.25, 0.3) is 23.0 Å². The maximum absolute atomic E-state index is 14.0. The first kappa shape index (κ1) is 21.8. The molecular weight excluding hydrogens is 431 g/mol. The summed E-state index contributed by atoms with van der Waals surface area (Å²) in [7, 11) is 2.65. The number of anilines is 1. The van der Waals surface area contributed by atoms with Gasteiger partial charge in [-0.2, -0.15) is 4.98 Å². The number of rotatable bonds is 7. The molecule has 1 N–H and O–H groups in total. The highest BCUT2D eigenvalue weighted by Crippen LogP contribution is 2.26. The van der Waals surface area contributed by atoms with Crippen molar-refractivity contribution in [3.05, 3.63) is 72.2 Å². The Bertz CT molecular complexity index is 1310. The number of nitrogens with one attached hydrogen (secondary N) is 1. The van der Waals surface area contributed by atoms with Crippen LogP contribution in [0.3, 0.4) is 0 Å². The monoisotopic (exact) mass is 450 g/mol. The number of methoxy groups -OCH3 is 2. The van der Waals surface area contributed by atoms with Crippen LogP contribution in [-0.4, -0.2) is 40.8 Å². The highest BCUT2D eigenvalue weighted by atomic mass is 19.1. The van der Waals surface area contributed by atoms with Gasteiger partial charge in [-0.1, -0.05) is 17.3 Å². The number of aromatic nitrogens is 3. The number of ether oxygens (including phenoxy) is 2. The van der Waals surface area contributed by atoms with E-state index in [1.54, 1.807) is 53.2 Å². The molecule has 9 nitrogen and oxygen atoms in total. The predicted octanol–water partition coefficient (Wildman–Crippen LogP) is 3.78. The van der Waals surface area contributed by atoms with Crippen LogP contribution in [0.1, 0.15) is 10.4 Å². The lowest BCUT2D eigenvalue weighted by Crippen LogP contribution is -2.20. The Hall–Kier alpha value is -4.47. The fourth-order valence-corrected chi connectivity index (χ4v) is 3.22. The summed E-state index contributed by atoms with van der Waals surface area (Å²) in [6, 6.07) is 14.3. The van der Waals surface area contributed by atoms with E-state index in [2.05, 4.69) is 15.5 Å². The molecule has 4 aromatic rings. The second-order valence-electron chi connectivity index (χ2n) is 6.88. The highest BCUT2D eigenvalue weighted by Gasteiger charge is 2.18. The average Bonchev–Trinajstić information content (AvgIpc) is 3.48. The van der Waals surface area contributed by atoms with E-state index in [-0.39, 0.29) is 35.5 Å². The number of benzene rings is 2. The molecule has 1 amide bonds. The minimum atomic E-state index is -0.555. The summed E-state index contributed by atoms with van der Waals surface area (Å²) in [5.74, 6) is -1.02. The Morgan fingerprint density at radius 2 is 1.94 bits per heavy atom. The van der Waals surface area contributed by atoms with Crippen molar-refractivity contribution in [1.29, 1.82) is 0 Å². The van der Waals surface area contributed by atoms with E-state index in [9.17, 15) is 14.0 Å². The minimum Gasteiger partial charge on any atom is -0.494 e. The van der Waals surface area contributed by atoms with Crippen molar-refractivity contribution < 1.29 is 28.0 Å². The number of amides is 1. The van der Waals surface area contributed by atoms with Crippen molar-refractivity contribution in [3.8, 4) is 28.7 Å². The van der Waals surface area contributed by atoms with Gasteiger partial charge in [0.1, 0.15) is 12.2 Å². The van der Waals surface area contributed by atoms with E-state index >= 15 is 0 Å². The predicted molar refractivity (Wildman–Crippen MR) is 116 cm³/mol. The number of esters is 1. The Kier molecular flexibility index (Phi) is 6.16. The van der Waals surface area contributed by atoms with Gasteiger partial charge in [0.15, 0.2) is 11.6 Å². The summed E-state index contributed by atoms with van der Waals surface area (Å²) < 4.78 is 30.6. The molecule has 0 spiro atoms. The maximum Gasteiger partial charge on any atom is 0.339 e. The van der Waals surface area contributed by atoms with E-state index in [4.69, 9.17) is 14.0 Å². The fraction of sp³-hybridized carbons (Fsp3) is 0.130. The summed E-state index contributed by atoms with van der Waals surface area (Å²) in [5.41, 5.74) is 1.50. The molecule has 10 heteroatoms. The Morgan fingerprint density at radius 3 is 2.70 bits per heavy atom. The van der Waals surface area contributed by atoms with E-state index in [0.29, 0.717) is 16.9 Å². The SMILES string of the molecule is COC(=O)c1ccccc1NC(=O)Cn1cccc1-c1nc(-c2ccc(OC)c(F)c2)no1. The molecule has 0 aliphatic heterocycles. The lowest BCUT2D eigenvalue weighted by molar-refractivity contribution is -0.116. The zero-order valence-electron chi connectivity index (χ0n) is 17.7. The first-order valence-corrected chi connectivity index (χ1v) is 9.80. The number of halogens is 1. The first-order valence-electron chi connectivity index (χ1n) is 9.80. The van der Waals surface area contributed by atoms with Gasteiger partial charge in [-0.15, -0.1) is 0 Å². The van der Waals surface area contributed by atoms with Crippen molar-refractivity contribution in [2.45, 2.75) is 6.54 Å². The molecule has 0 unspecified atom stereocenters. The summed E-state index contributed by atoms with van der Waals surface area (Å²) >= 11 is 0. The van der Waals surface area contributed by atoms with Gasteiger partial charge >= 0.3 is 5.97 Å². The lowest BCUT2D eigenvalue weighted by Gasteiger charge is -2.11. The van der Waals surface area contributed by atoms with Crippen molar-refractivity contribution in [2.24, 2.45) is 0 Å². The summed E-state index contributed by atoms with van der Waals surface area (Å²) in [4.78, 5) is 28.9. The molecule has 0 aliphatic carbocycles. The molecule has 0 radical (unpaired) electrons. The third kappa shape index (κ3) is 4.59. The van der Waals surface area contributed by atoms with Gasteiger partial charge in [-0.3, -0.25) is 4.79 Å². The van der Waals surface area contributed by atoms with Crippen molar-refractivity contribution in [2.75, 3.05) is 19.5 Å². The van der Waals surface area contributed by atoms with Crippen LogP contribution in [0.5, 0.6) is 5.75 Å². The van der Waals surface area contributed by atoms with E-state index in [0.717, 1.165) is 0 Å². The normalized spacial score (nSPS) is 10.6. The van der Waals surface area contributed by atoms with Crippen LogP contribution in [0.2, 0.25) is 0 Å². The molecule has 2 heterocycles. The standard InChI is InChI=1S/C23H19FN4O5/c1-31-19-10-9-14(12-16(19)24)21-26-22(33-27-21)18-8-5-11-28(18)13-20(29)25-17-7-4-3-6-15(17)23(30)32-2/h3-12H,13H2,1-2H3,(H,25,29). The van der Waals surface area contributed by atoms with Gasteiger partial charge in [0.2, 0.25) is 11.7 Å². The molecule has 0 aliphatic rings. The summed E-state index contributed by atoms with van der Waals surface area (Å²) in [6.45, 7) is -0.0767. The van der Waals surface area contributed by atoms with Gasteiger partial charge in [0, 0.05) is 11.8 Å². The van der Waals surface area contributed by atoms with Crippen LogP contribution in [0.15, 0.2) is 65.3 Å². The van der Waals surface area contributed by atoms with Crippen LogP contribution in [-0.2, 0) is 16.1 Å². The van der Waals surface area contributed by atoms with Gasteiger partial charge in [-0.25, -0.2) is 9.18 Å². The van der Waals surface area contributed by atoms with E-state index in [1.807, 2.05) is 0 Å². The largest absolute Gasteiger partial charge is 0.494 e. The van der Waals surface area contributed by atoms with Crippen LogP contribution >= 0.6 is 0 Å².